The van der Waals surface area contributed by atoms with Crippen molar-refractivity contribution < 1.29 is 17.5 Å². The van der Waals surface area contributed by atoms with Gasteiger partial charge in [0.25, 0.3) is 0 Å². The third-order valence-electron chi connectivity index (χ3n) is 5.44. The average Bonchev–Trinajstić information content (AvgIpc) is 3.13. The van der Waals surface area contributed by atoms with Crippen molar-refractivity contribution in [2.45, 2.75) is 13.8 Å². The van der Waals surface area contributed by atoms with Crippen LogP contribution < -0.4 is 4.57 Å². The molecule has 0 aliphatic heterocycles. The van der Waals surface area contributed by atoms with Gasteiger partial charge in [0, 0.05) is 26.5 Å². The summed E-state index contributed by atoms with van der Waals surface area (Å²) in [5, 5.41) is 1.90. The Bertz CT molecular complexity index is 1490. The van der Waals surface area contributed by atoms with Crippen LogP contribution in [0.1, 0.15) is 15.2 Å². The van der Waals surface area contributed by atoms with E-state index in [4.69, 9.17) is 8.53 Å². The Hall–Kier alpha value is -3.46. The van der Waals surface area contributed by atoms with E-state index < -0.39 is 12.7 Å². The first-order valence-corrected chi connectivity index (χ1v) is 9.46. The third kappa shape index (κ3) is 2.73. The molecule has 0 saturated heterocycles. The lowest BCUT2D eigenvalue weighted by Crippen LogP contribution is -2.31. The molecule has 0 aliphatic rings. The second-order valence-corrected chi connectivity index (χ2v) is 7.32. The lowest BCUT2D eigenvalue weighted by molar-refractivity contribution is -0.662. The van der Waals surface area contributed by atoms with Crippen LogP contribution in [0, 0.1) is 19.6 Å². The molecule has 0 radical (unpaired) electrons. The highest BCUT2D eigenvalue weighted by atomic mass is 19.1. The van der Waals surface area contributed by atoms with Gasteiger partial charge in [0.05, 0.1) is 5.56 Å². The number of rotatable bonds is 2. The Labute approximate surface area is 173 Å². The molecule has 0 fully saturated rings. The fourth-order valence-electron chi connectivity index (χ4n) is 3.99. The number of aryl methyl sites for hydroxylation is 3. The minimum atomic E-state index is -2.55. The monoisotopic (exact) mass is 385 g/mol. The van der Waals surface area contributed by atoms with Gasteiger partial charge in [-0.25, -0.2) is 4.39 Å². The van der Waals surface area contributed by atoms with Gasteiger partial charge < -0.3 is 4.42 Å². The Balaban J connectivity index is 1.85. The van der Waals surface area contributed by atoms with E-state index in [2.05, 4.69) is 0 Å². The predicted octanol–water partition coefficient (Wildman–Crippen LogP) is 6.50. The van der Waals surface area contributed by atoms with Crippen molar-refractivity contribution in [2.24, 2.45) is 7.05 Å². The van der Waals surface area contributed by atoms with Crippen molar-refractivity contribution in [3.63, 3.8) is 0 Å². The summed E-state index contributed by atoms with van der Waals surface area (Å²) in [6.45, 7) is -0.609. The number of para-hydroxylation sites is 1. The molecule has 3 heteroatoms. The van der Waals surface area contributed by atoms with E-state index in [1.54, 1.807) is 11.6 Å². The molecule has 2 aromatic heterocycles. The topological polar surface area (TPSA) is 17.0 Å². The summed E-state index contributed by atoms with van der Waals surface area (Å²) in [4.78, 5) is 0. The zero-order valence-electron chi connectivity index (χ0n) is 19.2. The lowest BCUT2D eigenvalue weighted by atomic mass is 9.98. The molecule has 0 N–H and O–H groups in total. The third-order valence-corrected chi connectivity index (χ3v) is 5.44. The molecule has 5 rings (SSSR count). The number of furan rings is 1. The Morgan fingerprint density at radius 2 is 1.69 bits per heavy atom. The molecule has 0 unspecified atom stereocenters. The van der Waals surface area contributed by atoms with Crippen molar-refractivity contribution >= 4 is 21.9 Å². The SMILES string of the molecule is [2H]C([2H])([2H])c1cc(-c2c(C)ccc3c2oc2c(-c4ccccc4)cccc23)[n+](C)cc1F. The number of hydrogen-bond acceptors (Lipinski definition) is 1. The molecule has 5 aromatic rings. The summed E-state index contributed by atoms with van der Waals surface area (Å²) in [6, 6.07) is 21.5. The number of benzene rings is 3. The van der Waals surface area contributed by atoms with Crippen molar-refractivity contribution in [3.8, 4) is 22.4 Å². The second-order valence-electron chi connectivity index (χ2n) is 7.32. The van der Waals surface area contributed by atoms with Crippen LogP contribution in [-0.2, 0) is 7.05 Å². The molecule has 0 aliphatic carbocycles. The number of aromatic nitrogens is 1. The summed E-state index contributed by atoms with van der Waals surface area (Å²) in [7, 11) is 1.71. The lowest BCUT2D eigenvalue weighted by Gasteiger charge is -2.06. The molecule has 142 valence electrons. The Kier molecular flexibility index (Phi) is 3.28. The van der Waals surface area contributed by atoms with Crippen molar-refractivity contribution in [2.75, 3.05) is 0 Å². The van der Waals surface area contributed by atoms with E-state index in [0.29, 0.717) is 11.3 Å². The Morgan fingerprint density at radius 3 is 2.48 bits per heavy atom. The first-order valence-electron chi connectivity index (χ1n) is 11.0. The first kappa shape index (κ1) is 14.5. The van der Waals surface area contributed by atoms with Crippen LogP contribution in [0.15, 0.2) is 77.3 Å². The normalized spacial score (nSPS) is 13.4. The van der Waals surface area contributed by atoms with Crippen LogP contribution in [0.3, 0.4) is 0 Å². The number of nitrogens with zero attached hydrogens (tertiary/aromatic N) is 1. The zero-order valence-corrected chi connectivity index (χ0v) is 16.2. The van der Waals surface area contributed by atoms with Gasteiger partial charge >= 0.3 is 0 Å². The van der Waals surface area contributed by atoms with Gasteiger partial charge in [0.2, 0.25) is 11.9 Å². The number of pyridine rings is 1. The summed E-state index contributed by atoms with van der Waals surface area (Å²) < 4.78 is 45.7. The highest BCUT2D eigenvalue weighted by Crippen LogP contribution is 2.40. The quantitative estimate of drug-likeness (QED) is 0.317. The van der Waals surface area contributed by atoms with E-state index >= 15 is 0 Å². The van der Waals surface area contributed by atoms with Crippen molar-refractivity contribution in [3.05, 3.63) is 89.9 Å². The molecular formula is C26H21FNO+. The van der Waals surface area contributed by atoms with Crippen molar-refractivity contribution in [1.29, 1.82) is 0 Å². The second kappa shape index (κ2) is 6.56. The van der Waals surface area contributed by atoms with Gasteiger partial charge in [0.15, 0.2) is 5.82 Å². The Morgan fingerprint density at radius 1 is 0.897 bits per heavy atom. The maximum atomic E-state index is 14.5. The van der Waals surface area contributed by atoms with Gasteiger partial charge in [-0.05, 0) is 30.5 Å². The van der Waals surface area contributed by atoms with Crippen LogP contribution >= 0.6 is 0 Å². The van der Waals surface area contributed by atoms with Gasteiger partial charge in [0.1, 0.15) is 18.2 Å². The summed E-state index contributed by atoms with van der Waals surface area (Å²) in [5.41, 5.74) is 5.40. The minimum Gasteiger partial charge on any atom is -0.454 e. The first-order chi connectivity index (χ1) is 15.3. The minimum absolute atomic E-state index is 0.303. The van der Waals surface area contributed by atoms with E-state index in [-0.39, 0.29) is 5.56 Å². The van der Waals surface area contributed by atoms with Gasteiger partial charge in [-0.3, -0.25) is 0 Å². The molecular weight excluding hydrogens is 361 g/mol. The van der Waals surface area contributed by atoms with E-state index in [0.717, 1.165) is 38.6 Å². The zero-order chi connectivity index (χ0) is 22.6. The smallest absolute Gasteiger partial charge is 0.216 e. The van der Waals surface area contributed by atoms with Crippen molar-refractivity contribution in [1.82, 2.24) is 0 Å². The largest absolute Gasteiger partial charge is 0.454 e. The number of halogens is 1. The molecule has 0 saturated carbocycles. The number of fused-ring (bicyclic) bond motifs is 3. The van der Waals surface area contributed by atoms with Crippen LogP contribution in [0.5, 0.6) is 0 Å². The highest BCUT2D eigenvalue weighted by molar-refractivity contribution is 6.13. The fourth-order valence-corrected chi connectivity index (χ4v) is 3.99. The predicted molar refractivity (Wildman–Crippen MR) is 115 cm³/mol. The van der Waals surface area contributed by atoms with E-state index in [1.807, 2.05) is 67.6 Å². The molecule has 2 nitrogen and oxygen atoms in total. The standard InChI is InChI=1S/C26H21FNO/c1-16-12-13-21-20-11-7-10-19(18-8-5-4-6-9-18)25(20)29-26(21)24(16)23-14-17(2)22(27)15-28(23)3/h4-15H,1-3H3/q+1/i2D3. The molecule has 0 atom stereocenters. The molecule has 2 heterocycles. The number of hydrogen-bond donors (Lipinski definition) is 0. The maximum absolute atomic E-state index is 14.5. The average molecular weight is 385 g/mol. The van der Waals surface area contributed by atoms with Crippen LogP contribution in [-0.4, -0.2) is 0 Å². The molecule has 0 spiro atoms. The summed E-state index contributed by atoms with van der Waals surface area (Å²) in [6.07, 6.45) is 1.22. The van der Waals surface area contributed by atoms with E-state index in [9.17, 15) is 4.39 Å². The molecule has 0 bridgehead atoms. The summed E-state index contributed by atoms with van der Waals surface area (Å²) >= 11 is 0. The molecule has 3 aromatic carbocycles. The molecule has 29 heavy (non-hydrogen) atoms. The van der Waals surface area contributed by atoms with Gasteiger partial charge in [-0.1, -0.05) is 60.7 Å². The fraction of sp³-hybridized carbons (Fsp3) is 0.115. The highest BCUT2D eigenvalue weighted by Gasteiger charge is 2.23. The van der Waals surface area contributed by atoms with Crippen LogP contribution in [0.4, 0.5) is 4.39 Å². The maximum Gasteiger partial charge on any atom is 0.216 e. The van der Waals surface area contributed by atoms with Crippen LogP contribution in [0.2, 0.25) is 0 Å². The van der Waals surface area contributed by atoms with Gasteiger partial charge in [-0.2, -0.15) is 4.57 Å². The van der Waals surface area contributed by atoms with Gasteiger partial charge in [-0.15, -0.1) is 0 Å². The molecule has 0 amide bonds. The summed E-state index contributed by atoms with van der Waals surface area (Å²) in [5.74, 6) is -0.753. The van der Waals surface area contributed by atoms with E-state index in [1.165, 1.54) is 12.3 Å². The van der Waals surface area contributed by atoms with Crippen LogP contribution in [0.25, 0.3) is 44.3 Å².